The van der Waals surface area contributed by atoms with E-state index in [1.807, 2.05) is 6.92 Å². The molecule has 0 N–H and O–H groups in total. The average Bonchev–Trinajstić information content (AvgIpc) is 2.65. The van der Waals surface area contributed by atoms with Gasteiger partial charge in [0.15, 0.2) is 0 Å². The maximum absolute atomic E-state index is 12.4. The molecule has 0 fully saturated rings. The van der Waals surface area contributed by atoms with Gasteiger partial charge in [-0.3, -0.25) is 9.67 Å². The minimum absolute atomic E-state index is 0.0255. The van der Waals surface area contributed by atoms with E-state index in [4.69, 9.17) is 11.6 Å². The number of aryl methyl sites for hydroxylation is 2. The number of aromatic nitrogens is 3. The zero-order chi connectivity index (χ0) is 14.0. The topological polar surface area (TPSA) is 39.9 Å². The van der Waals surface area contributed by atoms with Crippen molar-refractivity contribution in [3.05, 3.63) is 29.2 Å². The van der Waals surface area contributed by atoms with Crippen molar-refractivity contribution in [3.8, 4) is 17.0 Å². The molecule has 0 aliphatic heterocycles. The normalized spacial score (nSPS) is 11.1. The molecular weight excluding hydrogens is 276 g/mol. The standard InChI is InChI=1S/C12H12ClF2N3O/c1-3-8-10(13)11(18(2)17-8)7-6-16-5-4-9(7)19-12(14)15/h4-6,12H,3H2,1-2H3. The molecule has 2 aromatic heterocycles. The third-order valence-corrected chi connectivity index (χ3v) is 3.04. The molecule has 0 spiro atoms. The van der Waals surface area contributed by atoms with Gasteiger partial charge in [-0.2, -0.15) is 13.9 Å². The molecule has 2 rings (SSSR count). The monoisotopic (exact) mass is 287 g/mol. The molecule has 7 heteroatoms. The van der Waals surface area contributed by atoms with Crippen LogP contribution in [0.5, 0.6) is 5.75 Å². The van der Waals surface area contributed by atoms with Crippen LogP contribution in [0.1, 0.15) is 12.6 Å². The number of hydrogen-bond acceptors (Lipinski definition) is 3. The minimum Gasteiger partial charge on any atom is -0.434 e. The fourth-order valence-corrected chi connectivity index (χ4v) is 2.23. The first-order valence-corrected chi connectivity index (χ1v) is 6.03. The zero-order valence-corrected chi connectivity index (χ0v) is 11.2. The Kier molecular flexibility index (Phi) is 3.99. The Morgan fingerprint density at radius 1 is 1.47 bits per heavy atom. The highest BCUT2D eigenvalue weighted by atomic mass is 35.5. The number of nitrogens with zero attached hydrogens (tertiary/aromatic N) is 3. The van der Waals surface area contributed by atoms with Crippen molar-refractivity contribution < 1.29 is 13.5 Å². The van der Waals surface area contributed by atoms with Crippen LogP contribution in [0, 0.1) is 0 Å². The Labute approximate surface area is 114 Å². The third kappa shape index (κ3) is 2.68. The lowest BCUT2D eigenvalue weighted by atomic mass is 10.1. The van der Waals surface area contributed by atoms with Gasteiger partial charge in [-0.1, -0.05) is 18.5 Å². The zero-order valence-electron chi connectivity index (χ0n) is 10.4. The lowest BCUT2D eigenvalue weighted by Crippen LogP contribution is -2.04. The molecule has 102 valence electrons. The van der Waals surface area contributed by atoms with Crippen molar-refractivity contribution in [2.24, 2.45) is 7.05 Å². The van der Waals surface area contributed by atoms with Gasteiger partial charge in [0.05, 0.1) is 22.0 Å². The second-order valence-electron chi connectivity index (χ2n) is 3.84. The molecular formula is C12H12ClF2N3O. The van der Waals surface area contributed by atoms with Gasteiger partial charge in [0.25, 0.3) is 0 Å². The van der Waals surface area contributed by atoms with Crippen LogP contribution in [0.25, 0.3) is 11.3 Å². The Bertz CT molecular complexity index is 586. The summed E-state index contributed by atoms with van der Waals surface area (Å²) in [4.78, 5) is 3.92. The van der Waals surface area contributed by atoms with Gasteiger partial charge in [0.2, 0.25) is 0 Å². The fraction of sp³-hybridized carbons (Fsp3) is 0.333. The smallest absolute Gasteiger partial charge is 0.387 e. The van der Waals surface area contributed by atoms with Gasteiger partial charge in [0.1, 0.15) is 5.75 Å². The molecule has 0 bridgehead atoms. The Balaban J connectivity index is 2.56. The highest BCUT2D eigenvalue weighted by molar-refractivity contribution is 6.33. The molecule has 0 saturated carbocycles. The Morgan fingerprint density at radius 2 is 2.21 bits per heavy atom. The molecule has 4 nitrogen and oxygen atoms in total. The van der Waals surface area contributed by atoms with Crippen molar-refractivity contribution >= 4 is 11.6 Å². The van der Waals surface area contributed by atoms with E-state index in [0.29, 0.717) is 28.4 Å². The molecule has 0 aliphatic carbocycles. The summed E-state index contributed by atoms with van der Waals surface area (Å²) in [5.41, 5.74) is 1.61. The molecule has 2 aromatic rings. The lowest BCUT2D eigenvalue weighted by molar-refractivity contribution is -0.0495. The largest absolute Gasteiger partial charge is 0.434 e. The first-order valence-electron chi connectivity index (χ1n) is 5.65. The SMILES string of the molecule is CCc1nn(C)c(-c2cnccc2OC(F)F)c1Cl. The molecule has 0 aromatic carbocycles. The highest BCUT2D eigenvalue weighted by Gasteiger charge is 2.19. The average molecular weight is 288 g/mol. The van der Waals surface area contributed by atoms with Crippen LogP contribution in [-0.4, -0.2) is 21.4 Å². The summed E-state index contributed by atoms with van der Waals surface area (Å²) in [5, 5.41) is 4.67. The minimum atomic E-state index is -2.90. The van der Waals surface area contributed by atoms with Crippen molar-refractivity contribution in [2.45, 2.75) is 20.0 Å². The summed E-state index contributed by atoms with van der Waals surface area (Å²) in [7, 11) is 1.69. The number of hydrogen-bond donors (Lipinski definition) is 0. The molecule has 0 atom stereocenters. The van der Waals surface area contributed by atoms with Crippen LogP contribution in [-0.2, 0) is 13.5 Å². The van der Waals surface area contributed by atoms with E-state index in [1.165, 1.54) is 23.1 Å². The summed E-state index contributed by atoms with van der Waals surface area (Å²) in [6, 6.07) is 1.37. The number of alkyl halides is 2. The van der Waals surface area contributed by atoms with Crippen LogP contribution in [0.3, 0.4) is 0 Å². The van der Waals surface area contributed by atoms with Gasteiger partial charge < -0.3 is 4.74 Å². The predicted octanol–water partition coefficient (Wildman–Crippen LogP) is 3.30. The number of halogens is 3. The maximum Gasteiger partial charge on any atom is 0.387 e. The van der Waals surface area contributed by atoms with E-state index in [0.717, 1.165) is 0 Å². The Morgan fingerprint density at radius 3 is 2.79 bits per heavy atom. The van der Waals surface area contributed by atoms with Crippen LogP contribution in [0.4, 0.5) is 8.78 Å². The van der Waals surface area contributed by atoms with E-state index >= 15 is 0 Å². The molecule has 0 aliphatic rings. The number of rotatable bonds is 4. The van der Waals surface area contributed by atoms with Gasteiger partial charge in [0, 0.05) is 19.4 Å². The summed E-state index contributed by atoms with van der Waals surface area (Å²) in [6.45, 7) is -0.989. The van der Waals surface area contributed by atoms with Crippen molar-refractivity contribution in [1.29, 1.82) is 0 Å². The van der Waals surface area contributed by atoms with Gasteiger partial charge in [-0.25, -0.2) is 0 Å². The number of ether oxygens (including phenoxy) is 1. The van der Waals surface area contributed by atoms with Gasteiger partial charge >= 0.3 is 6.61 Å². The maximum atomic E-state index is 12.4. The fourth-order valence-electron chi connectivity index (χ4n) is 1.83. The van der Waals surface area contributed by atoms with E-state index in [2.05, 4.69) is 14.8 Å². The van der Waals surface area contributed by atoms with Crippen LogP contribution in [0.2, 0.25) is 5.02 Å². The van der Waals surface area contributed by atoms with Crippen LogP contribution < -0.4 is 4.74 Å². The van der Waals surface area contributed by atoms with Gasteiger partial charge in [-0.05, 0) is 12.5 Å². The van der Waals surface area contributed by atoms with Crippen molar-refractivity contribution in [2.75, 3.05) is 0 Å². The van der Waals surface area contributed by atoms with E-state index < -0.39 is 6.61 Å². The highest BCUT2D eigenvalue weighted by Crippen LogP contribution is 2.36. The van der Waals surface area contributed by atoms with Crippen LogP contribution >= 0.6 is 11.6 Å². The van der Waals surface area contributed by atoms with E-state index in [9.17, 15) is 8.78 Å². The predicted molar refractivity (Wildman–Crippen MR) is 67.5 cm³/mol. The molecule has 0 saturated heterocycles. The van der Waals surface area contributed by atoms with E-state index in [-0.39, 0.29) is 5.75 Å². The van der Waals surface area contributed by atoms with Crippen molar-refractivity contribution in [1.82, 2.24) is 14.8 Å². The van der Waals surface area contributed by atoms with Crippen molar-refractivity contribution in [3.63, 3.8) is 0 Å². The third-order valence-electron chi connectivity index (χ3n) is 2.64. The molecule has 0 unspecified atom stereocenters. The Hall–Kier alpha value is -1.69. The number of pyridine rings is 1. The second kappa shape index (κ2) is 5.52. The summed E-state index contributed by atoms with van der Waals surface area (Å²) >= 11 is 6.22. The quantitative estimate of drug-likeness (QED) is 0.866. The molecule has 2 heterocycles. The van der Waals surface area contributed by atoms with E-state index in [1.54, 1.807) is 7.05 Å². The summed E-state index contributed by atoms with van der Waals surface area (Å²) < 4.78 is 30.8. The summed E-state index contributed by atoms with van der Waals surface area (Å²) in [5.74, 6) is 0.0255. The van der Waals surface area contributed by atoms with Gasteiger partial charge in [-0.15, -0.1) is 0 Å². The summed E-state index contributed by atoms with van der Waals surface area (Å²) in [6.07, 6.45) is 3.46. The first-order chi connectivity index (χ1) is 9.04. The first kappa shape index (κ1) is 13.7. The van der Waals surface area contributed by atoms with Crippen LogP contribution in [0.15, 0.2) is 18.5 Å². The second-order valence-corrected chi connectivity index (χ2v) is 4.21. The lowest BCUT2D eigenvalue weighted by Gasteiger charge is -2.10. The molecule has 0 amide bonds. The molecule has 0 radical (unpaired) electrons. The molecule has 19 heavy (non-hydrogen) atoms.